The molecule has 0 aromatic carbocycles. The predicted molar refractivity (Wildman–Crippen MR) is 128 cm³/mol. The first-order chi connectivity index (χ1) is 13.6. The molecule has 0 spiro atoms. The Morgan fingerprint density at radius 2 is 1.80 bits per heavy atom. The second-order valence-corrected chi connectivity index (χ2v) is 15.8. The molecule has 0 amide bonds. The maximum atomic E-state index is 12.5. The summed E-state index contributed by atoms with van der Waals surface area (Å²) in [7, 11) is -2.02. The molecule has 0 saturated carbocycles. The lowest BCUT2D eigenvalue weighted by atomic mass is 10.1. The zero-order valence-corrected chi connectivity index (χ0v) is 23.0. The van der Waals surface area contributed by atoms with Gasteiger partial charge in [-0.3, -0.25) is 9.48 Å². The van der Waals surface area contributed by atoms with Crippen molar-refractivity contribution in [3.63, 3.8) is 0 Å². The molecule has 172 valence electrons. The molecule has 1 aromatic heterocycles. The van der Waals surface area contributed by atoms with Gasteiger partial charge in [0, 0.05) is 6.42 Å². The highest BCUT2D eigenvalue weighted by Gasteiger charge is 2.38. The Labute approximate surface area is 195 Å². The van der Waals surface area contributed by atoms with Crippen LogP contribution < -0.4 is 0 Å². The molecule has 9 heteroatoms. The van der Waals surface area contributed by atoms with Crippen molar-refractivity contribution in [2.24, 2.45) is 0 Å². The number of hydrogen-bond donors (Lipinski definition) is 0. The largest absolute Gasteiger partial charge is 0.461 e. The number of carbonyl (C=O) groups excluding carboxylic acids is 2. The van der Waals surface area contributed by atoms with E-state index in [0.29, 0.717) is 22.3 Å². The molecule has 1 rings (SSSR count). The monoisotopic (exact) mass is 552 g/mol. The third-order valence-electron chi connectivity index (χ3n) is 5.11. The van der Waals surface area contributed by atoms with Crippen molar-refractivity contribution < 1.29 is 23.5 Å². The van der Waals surface area contributed by atoms with E-state index >= 15 is 0 Å². The number of rotatable bonds is 9. The van der Waals surface area contributed by atoms with Crippen molar-refractivity contribution in [2.45, 2.75) is 91.1 Å². The topological polar surface area (TPSA) is 79.7 Å². The summed E-state index contributed by atoms with van der Waals surface area (Å²) in [4.78, 5) is 24.8. The van der Waals surface area contributed by atoms with Gasteiger partial charge in [-0.15, -0.1) is 0 Å². The molecule has 0 aliphatic heterocycles. The van der Waals surface area contributed by atoms with Crippen molar-refractivity contribution in [3.8, 4) is 0 Å². The average Bonchev–Trinajstić information content (AvgIpc) is 2.94. The number of esters is 2. The highest BCUT2D eigenvalue weighted by Crippen LogP contribution is 2.37. The molecule has 0 bridgehead atoms. The summed E-state index contributed by atoms with van der Waals surface area (Å²) in [5.41, 5.74) is -0.146. The molecule has 1 aromatic rings. The van der Waals surface area contributed by atoms with Crippen molar-refractivity contribution in [2.75, 3.05) is 13.2 Å². The Balaban J connectivity index is 3.13. The first-order valence-electron chi connectivity index (χ1n) is 10.3. The molecule has 0 fully saturated rings. The maximum Gasteiger partial charge on any atom is 0.357 e. The fourth-order valence-corrected chi connectivity index (χ4v) is 4.12. The van der Waals surface area contributed by atoms with E-state index in [0.717, 1.165) is 0 Å². The first kappa shape index (κ1) is 27.1. The van der Waals surface area contributed by atoms with Crippen LogP contribution in [0, 0.1) is 3.57 Å². The third-order valence-corrected chi connectivity index (χ3v) is 10.4. The minimum atomic E-state index is -2.02. The zero-order chi connectivity index (χ0) is 23.3. The van der Waals surface area contributed by atoms with Crippen LogP contribution in [0.3, 0.4) is 0 Å². The van der Waals surface area contributed by atoms with E-state index < -0.39 is 19.9 Å². The van der Waals surface area contributed by atoms with Gasteiger partial charge in [-0.2, -0.15) is 5.10 Å². The minimum absolute atomic E-state index is 0.0469. The molecule has 0 saturated heterocycles. The van der Waals surface area contributed by atoms with E-state index in [-0.39, 0.29) is 30.1 Å². The summed E-state index contributed by atoms with van der Waals surface area (Å²) >= 11 is 2.08. The quantitative estimate of drug-likeness (QED) is 0.234. The Bertz CT molecular complexity index is 735. The fraction of sp³-hybridized carbons (Fsp3) is 0.762. The molecule has 1 atom stereocenters. The Morgan fingerprint density at radius 3 is 2.30 bits per heavy atom. The van der Waals surface area contributed by atoms with Crippen molar-refractivity contribution in [3.05, 3.63) is 15.5 Å². The minimum Gasteiger partial charge on any atom is -0.461 e. The van der Waals surface area contributed by atoms with E-state index in [9.17, 15) is 9.59 Å². The number of aromatic nitrogens is 2. The van der Waals surface area contributed by atoms with Crippen LogP contribution >= 0.6 is 22.6 Å². The average molecular weight is 553 g/mol. The Kier molecular flexibility index (Phi) is 9.56. The van der Waals surface area contributed by atoms with Gasteiger partial charge in [0.25, 0.3) is 0 Å². The summed E-state index contributed by atoms with van der Waals surface area (Å²) in [6.07, 6.45) is 2.30. The van der Waals surface area contributed by atoms with Gasteiger partial charge < -0.3 is 13.9 Å². The van der Waals surface area contributed by atoms with Crippen molar-refractivity contribution in [1.82, 2.24) is 9.78 Å². The molecule has 30 heavy (non-hydrogen) atoms. The van der Waals surface area contributed by atoms with Gasteiger partial charge >= 0.3 is 11.9 Å². The van der Waals surface area contributed by atoms with Gasteiger partial charge in [0.05, 0.1) is 29.0 Å². The summed E-state index contributed by atoms with van der Waals surface area (Å²) in [6, 6.07) is -0.283. The van der Waals surface area contributed by atoms with Crippen LogP contribution in [0.4, 0.5) is 0 Å². The lowest BCUT2D eigenvalue weighted by Crippen LogP contribution is -2.42. The molecule has 0 aliphatic carbocycles. The van der Waals surface area contributed by atoms with Crippen LogP contribution in [0.2, 0.25) is 18.1 Å². The first-order valence-corrected chi connectivity index (χ1v) is 14.3. The van der Waals surface area contributed by atoms with Gasteiger partial charge in [0.2, 0.25) is 0 Å². The molecule has 7 nitrogen and oxygen atoms in total. The Morgan fingerprint density at radius 1 is 1.20 bits per heavy atom. The van der Waals surface area contributed by atoms with E-state index in [2.05, 4.69) is 61.6 Å². The summed E-state index contributed by atoms with van der Waals surface area (Å²) in [6.45, 7) is 18.8. The van der Waals surface area contributed by atoms with Crippen LogP contribution in [0.5, 0.6) is 0 Å². The highest BCUT2D eigenvalue weighted by molar-refractivity contribution is 14.1. The van der Waals surface area contributed by atoms with E-state index in [1.165, 1.54) is 0 Å². The van der Waals surface area contributed by atoms with E-state index in [1.807, 2.05) is 20.8 Å². The fourth-order valence-electron chi connectivity index (χ4n) is 2.48. The molecular weight excluding hydrogens is 515 g/mol. The van der Waals surface area contributed by atoms with Crippen LogP contribution in [0.25, 0.3) is 0 Å². The predicted octanol–water partition coefficient (Wildman–Crippen LogP) is 5.35. The molecule has 0 radical (unpaired) electrons. The van der Waals surface area contributed by atoms with Gasteiger partial charge in [-0.25, -0.2) is 4.79 Å². The SMILES string of the molecule is CCOC(=O)c1c(I)cnn1C(CCC(=O)OC(C)(C)C)CO[Si](C)(C)C(C)(C)C. The van der Waals surface area contributed by atoms with Gasteiger partial charge in [0.1, 0.15) is 5.60 Å². The highest BCUT2D eigenvalue weighted by atomic mass is 127. The third kappa shape index (κ3) is 7.95. The van der Waals surface area contributed by atoms with Crippen LogP contribution in [-0.4, -0.2) is 48.9 Å². The molecular formula is C21H37IN2O5Si. The van der Waals surface area contributed by atoms with E-state index in [4.69, 9.17) is 13.9 Å². The van der Waals surface area contributed by atoms with Crippen LogP contribution in [-0.2, 0) is 18.7 Å². The molecule has 0 N–H and O–H groups in total. The number of ether oxygens (including phenoxy) is 2. The van der Waals surface area contributed by atoms with Gasteiger partial charge in [0.15, 0.2) is 14.0 Å². The molecule has 1 unspecified atom stereocenters. The van der Waals surface area contributed by atoms with Crippen molar-refractivity contribution >= 4 is 42.8 Å². The van der Waals surface area contributed by atoms with Gasteiger partial charge in [-0.1, -0.05) is 20.8 Å². The van der Waals surface area contributed by atoms with Crippen LogP contribution in [0.15, 0.2) is 6.20 Å². The zero-order valence-electron chi connectivity index (χ0n) is 19.8. The van der Waals surface area contributed by atoms with Crippen molar-refractivity contribution in [1.29, 1.82) is 0 Å². The lowest BCUT2D eigenvalue weighted by molar-refractivity contribution is -0.155. The van der Waals surface area contributed by atoms with Gasteiger partial charge in [-0.05, 0) is 74.8 Å². The number of halogens is 1. The normalized spacial score (nSPS) is 13.8. The van der Waals surface area contributed by atoms with E-state index in [1.54, 1.807) is 17.8 Å². The molecule has 0 aliphatic rings. The number of hydrogen-bond acceptors (Lipinski definition) is 6. The lowest BCUT2D eigenvalue weighted by Gasteiger charge is -2.37. The number of nitrogens with zero attached hydrogens (tertiary/aromatic N) is 2. The second kappa shape index (κ2) is 10.6. The Hall–Kier alpha value is -0.943. The molecule has 1 heterocycles. The second-order valence-electron chi connectivity index (χ2n) is 9.86. The summed E-state index contributed by atoms with van der Waals surface area (Å²) < 4.78 is 19.5. The summed E-state index contributed by atoms with van der Waals surface area (Å²) in [5, 5.41) is 4.47. The number of carbonyl (C=O) groups is 2. The standard InChI is InChI=1S/C21H37IN2O5Si/c1-10-27-19(26)18-16(22)13-23-24(18)15(11-12-17(25)29-20(2,3)4)14-28-30(8,9)21(5,6)7/h13,15H,10-12,14H2,1-9H3. The maximum absolute atomic E-state index is 12.5. The van der Waals surface area contributed by atoms with Crippen LogP contribution in [0.1, 0.15) is 77.8 Å². The summed E-state index contributed by atoms with van der Waals surface area (Å²) in [5.74, 6) is -0.701. The smallest absolute Gasteiger partial charge is 0.357 e.